The van der Waals surface area contributed by atoms with Crippen molar-refractivity contribution in [2.75, 3.05) is 7.11 Å². The fourth-order valence-electron chi connectivity index (χ4n) is 4.55. The lowest BCUT2D eigenvalue weighted by Crippen LogP contribution is -2.20. The Morgan fingerprint density at radius 3 is 2.49 bits per heavy atom. The van der Waals surface area contributed by atoms with Crippen LogP contribution in [0.15, 0.2) is 88.8 Å². The maximum atomic E-state index is 13.7. The highest BCUT2D eigenvalue weighted by molar-refractivity contribution is 6.32. The number of hydrogen-bond acceptors (Lipinski definition) is 5. The zero-order valence-corrected chi connectivity index (χ0v) is 23.9. The van der Waals surface area contributed by atoms with Crippen molar-refractivity contribution in [1.82, 2.24) is 9.66 Å². The summed E-state index contributed by atoms with van der Waals surface area (Å²) in [5.74, 6) is 1.59. The van der Waals surface area contributed by atoms with E-state index in [9.17, 15) is 9.18 Å². The number of fused-ring (bicyclic) bond motifs is 1. The minimum Gasteiger partial charge on any atom is -0.496 e. The summed E-state index contributed by atoms with van der Waals surface area (Å²) in [6, 6.07) is 22.5. The molecule has 0 fully saturated rings. The van der Waals surface area contributed by atoms with Crippen molar-refractivity contribution < 1.29 is 13.9 Å². The highest BCUT2D eigenvalue weighted by atomic mass is 35.5. The van der Waals surface area contributed by atoms with E-state index in [0.717, 1.165) is 28.0 Å². The predicted molar refractivity (Wildman–Crippen MR) is 162 cm³/mol. The smallest absolute Gasteiger partial charge is 0.282 e. The van der Waals surface area contributed by atoms with E-state index in [-0.39, 0.29) is 23.9 Å². The molecule has 0 atom stereocenters. The summed E-state index contributed by atoms with van der Waals surface area (Å²) >= 11 is 6.50. The van der Waals surface area contributed by atoms with Crippen molar-refractivity contribution in [2.45, 2.75) is 33.3 Å². The van der Waals surface area contributed by atoms with Crippen LogP contribution >= 0.6 is 11.6 Å². The number of hydrogen-bond donors (Lipinski definition) is 0. The average molecular weight is 570 g/mol. The van der Waals surface area contributed by atoms with Gasteiger partial charge in [-0.1, -0.05) is 49.7 Å². The van der Waals surface area contributed by atoms with E-state index in [1.54, 1.807) is 55.8 Å². The molecule has 0 saturated carbocycles. The first-order valence-corrected chi connectivity index (χ1v) is 13.5. The molecule has 0 N–H and O–H groups in total. The van der Waals surface area contributed by atoms with E-state index < -0.39 is 0 Å². The number of benzene rings is 4. The highest BCUT2D eigenvalue weighted by Gasteiger charge is 2.18. The molecule has 0 amide bonds. The molecule has 0 aliphatic heterocycles. The van der Waals surface area contributed by atoms with Gasteiger partial charge in [-0.05, 0) is 89.7 Å². The molecular weight excluding hydrogens is 541 g/mol. The first kappa shape index (κ1) is 28.1. The summed E-state index contributed by atoms with van der Waals surface area (Å²) in [6.07, 6.45) is 1.57. The summed E-state index contributed by atoms with van der Waals surface area (Å²) in [5.41, 5.74) is 4.50. The van der Waals surface area contributed by atoms with Crippen LogP contribution < -0.4 is 15.0 Å². The van der Waals surface area contributed by atoms with Gasteiger partial charge >= 0.3 is 0 Å². The van der Waals surface area contributed by atoms with Crippen LogP contribution in [0.5, 0.6) is 11.5 Å². The van der Waals surface area contributed by atoms with Crippen LogP contribution in [0.25, 0.3) is 22.3 Å². The minimum atomic E-state index is -0.304. The maximum Gasteiger partial charge on any atom is 0.282 e. The molecule has 0 bridgehead atoms. The van der Waals surface area contributed by atoms with Crippen molar-refractivity contribution in [2.24, 2.45) is 5.10 Å². The molecule has 0 saturated heterocycles. The molecule has 0 radical (unpaired) electrons. The molecule has 41 heavy (non-hydrogen) atoms. The van der Waals surface area contributed by atoms with Gasteiger partial charge < -0.3 is 9.47 Å². The molecule has 208 valence electrons. The predicted octanol–water partition coefficient (Wildman–Crippen LogP) is 7.76. The summed E-state index contributed by atoms with van der Waals surface area (Å²) in [4.78, 5) is 18.5. The van der Waals surface area contributed by atoms with Gasteiger partial charge in [0.15, 0.2) is 5.82 Å². The lowest BCUT2D eigenvalue weighted by atomic mass is 9.96. The number of halogens is 2. The van der Waals surface area contributed by atoms with E-state index in [4.69, 9.17) is 26.1 Å². The Hall–Kier alpha value is -4.49. The standard InChI is InChI=1S/C33H29ClFN3O3/c1-20(2)26-17-27(21(3)15-31(26)40-4)32-37-29-8-6-5-7-25(29)33(39)38(32)36-18-23-11-14-30(28(34)16-23)41-19-22-9-12-24(35)13-10-22/h5-18,20H,19H2,1-4H3. The summed E-state index contributed by atoms with van der Waals surface area (Å²) in [6.45, 7) is 6.38. The van der Waals surface area contributed by atoms with E-state index in [0.29, 0.717) is 33.1 Å². The van der Waals surface area contributed by atoms with Gasteiger partial charge in [0.05, 0.1) is 29.2 Å². The SMILES string of the molecule is COc1cc(C)c(-c2nc3ccccc3c(=O)n2N=Cc2ccc(OCc3ccc(F)cc3)c(Cl)c2)cc1C(C)C. The van der Waals surface area contributed by atoms with Gasteiger partial charge in [-0.3, -0.25) is 4.79 Å². The summed E-state index contributed by atoms with van der Waals surface area (Å²) in [7, 11) is 1.65. The van der Waals surface area contributed by atoms with Gasteiger partial charge in [0, 0.05) is 5.56 Å². The average Bonchev–Trinajstić information content (AvgIpc) is 2.96. The lowest BCUT2D eigenvalue weighted by Gasteiger charge is -2.17. The molecule has 8 heteroatoms. The van der Waals surface area contributed by atoms with Crippen LogP contribution in [-0.2, 0) is 6.61 Å². The number of para-hydroxylation sites is 1. The van der Waals surface area contributed by atoms with Crippen LogP contribution in [0.4, 0.5) is 4.39 Å². The van der Waals surface area contributed by atoms with Gasteiger partial charge in [0.1, 0.15) is 23.9 Å². The zero-order chi connectivity index (χ0) is 29.1. The molecule has 0 aliphatic rings. The number of rotatable bonds is 8. The second-order valence-corrected chi connectivity index (χ2v) is 10.4. The molecule has 1 aromatic heterocycles. The second-order valence-electron chi connectivity index (χ2n) is 9.98. The maximum absolute atomic E-state index is 13.7. The van der Waals surface area contributed by atoms with Crippen LogP contribution in [0.2, 0.25) is 5.02 Å². The number of methoxy groups -OCH3 is 1. The number of aromatic nitrogens is 2. The molecule has 6 nitrogen and oxygen atoms in total. The van der Waals surface area contributed by atoms with Crippen LogP contribution in [0, 0.1) is 12.7 Å². The van der Waals surface area contributed by atoms with Gasteiger partial charge in [-0.25, -0.2) is 9.37 Å². The fraction of sp³-hybridized carbons (Fsp3) is 0.182. The van der Waals surface area contributed by atoms with Crippen molar-refractivity contribution in [3.05, 3.63) is 122 Å². The van der Waals surface area contributed by atoms with Crippen LogP contribution in [0.1, 0.15) is 42.0 Å². The summed E-state index contributed by atoms with van der Waals surface area (Å²) in [5, 5.41) is 5.43. The quantitative estimate of drug-likeness (QED) is 0.179. The zero-order valence-electron chi connectivity index (χ0n) is 23.2. The molecule has 0 unspecified atom stereocenters. The third-order valence-electron chi connectivity index (χ3n) is 6.78. The number of nitrogens with zero attached hydrogens (tertiary/aromatic N) is 3. The van der Waals surface area contributed by atoms with Crippen molar-refractivity contribution in [1.29, 1.82) is 0 Å². The Bertz CT molecular complexity index is 1810. The second kappa shape index (κ2) is 11.9. The first-order valence-electron chi connectivity index (χ1n) is 13.2. The van der Waals surface area contributed by atoms with Crippen LogP contribution in [0.3, 0.4) is 0 Å². The highest BCUT2D eigenvalue weighted by Crippen LogP contribution is 2.34. The Labute approximate surface area is 242 Å². The van der Waals surface area contributed by atoms with E-state index in [1.807, 2.05) is 31.2 Å². The minimum absolute atomic E-state index is 0.194. The molecule has 4 aromatic carbocycles. The van der Waals surface area contributed by atoms with Crippen molar-refractivity contribution in [3.8, 4) is 22.9 Å². The molecule has 0 spiro atoms. The monoisotopic (exact) mass is 569 g/mol. The van der Waals surface area contributed by atoms with Crippen molar-refractivity contribution >= 4 is 28.7 Å². The Morgan fingerprint density at radius 1 is 1.02 bits per heavy atom. The van der Waals surface area contributed by atoms with Crippen LogP contribution in [-0.4, -0.2) is 23.0 Å². The third kappa shape index (κ3) is 6.00. The van der Waals surface area contributed by atoms with Gasteiger partial charge in [0.2, 0.25) is 0 Å². The Kier molecular flexibility index (Phi) is 8.17. The molecule has 5 aromatic rings. The molecule has 5 rings (SSSR count). The Morgan fingerprint density at radius 2 is 1.78 bits per heavy atom. The van der Waals surface area contributed by atoms with Gasteiger partial charge in [-0.15, -0.1) is 0 Å². The first-order chi connectivity index (χ1) is 19.7. The lowest BCUT2D eigenvalue weighted by molar-refractivity contribution is 0.306. The van der Waals surface area contributed by atoms with Gasteiger partial charge in [-0.2, -0.15) is 9.78 Å². The molecule has 0 aliphatic carbocycles. The van der Waals surface area contributed by atoms with E-state index in [2.05, 4.69) is 18.9 Å². The van der Waals surface area contributed by atoms with E-state index >= 15 is 0 Å². The Balaban J connectivity index is 1.53. The topological polar surface area (TPSA) is 65.7 Å². The number of aryl methyl sites for hydroxylation is 1. The summed E-state index contributed by atoms with van der Waals surface area (Å²) < 4.78 is 25.9. The normalized spacial score (nSPS) is 11.5. The van der Waals surface area contributed by atoms with Crippen molar-refractivity contribution in [3.63, 3.8) is 0 Å². The molecule has 1 heterocycles. The fourth-order valence-corrected chi connectivity index (χ4v) is 4.80. The third-order valence-corrected chi connectivity index (χ3v) is 7.07. The molecular formula is C33H29ClFN3O3. The van der Waals surface area contributed by atoms with E-state index in [1.165, 1.54) is 16.8 Å². The largest absolute Gasteiger partial charge is 0.496 e. The van der Waals surface area contributed by atoms with Gasteiger partial charge in [0.25, 0.3) is 5.56 Å². The number of ether oxygens (including phenoxy) is 2.